The van der Waals surface area contributed by atoms with Crippen molar-refractivity contribution in [3.8, 4) is 0 Å². The molecule has 0 spiro atoms. The minimum Gasteiger partial charge on any atom is -0.308 e. The third-order valence-electron chi connectivity index (χ3n) is 0.808. The van der Waals surface area contributed by atoms with Crippen LogP contribution < -0.4 is 10.6 Å². The molecule has 1 heterocycles. The van der Waals surface area contributed by atoms with Gasteiger partial charge in [0.25, 0.3) is 0 Å². The molecule has 0 aromatic heterocycles. The zero-order valence-corrected chi connectivity index (χ0v) is 5.33. The van der Waals surface area contributed by atoms with Crippen LogP contribution in [0.25, 0.3) is 0 Å². The molecule has 3 nitrogen and oxygen atoms in total. The quantitative estimate of drug-likeness (QED) is 0.487. The normalized spacial score (nSPS) is 18.1. The fourth-order valence-electron chi connectivity index (χ4n) is 0.511. The minimum absolute atomic E-state index is 0.295. The predicted octanol–water partition coefficient (Wildman–Crippen LogP) is 0.893. The van der Waals surface area contributed by atoms with Crippen LogP contribution in [0.15, 0.2) is 23.5 Å². The van der Waals surface area contributed by atoms with Crippen LogP contribution in [0, 0.1) is 0 Å². The molecule has 1 rings (SSSR count). The number of hydrogen-bond acceptors (Lipinski definition) is 1. The van der Waals surface area contributed by atoms with Gasteiger partial charge in [0, 0.05) is 5.70 Å². The molecule has 48 valence electrons. The molecule has 0 unspecified atom stereocenters. The van der Waals surface area contributed by atoms with Crippen LogP contribution in [-0.4, -0.2) is 6.03 Å². The van der Waals surface area contributed by atoms with E-state index in [1.54, 1.807) is 0 Å². The van der Waals surface area contributed by atoms with Gasteiger partial charge in [0.05, 0.1) is 0 Å². The van der Waals surface area contributed by atoms with E-state index in [1.165, 1.54) is 6.08 Å². The summed E-state index contributed by atoms with van der Waals surface area (Å²) in [5, 5.41) is 5.02. The maximum Gasteiger partial charge on any atom is 0.324 e. The Hall–Kier alpha value is -0.960. The summed E-state index contributed by atoms with van der Waals surface area (Å²) >= 11 is 5.43. The number of carbonyl (C=O) groups excluding carboxylic acids is 1. The molecule has 2 amide bonds. The molecule has 9 heavy (non-hydrogen) atoms. The molecule has 0 atom stereocenters. The molecular formula is C5H5ClN2O. The number of urea groups is 1. The van der Waals surface area contributed by atoms with Crippen LogP contribution in [-0.2, 0) is 0 Å². The van der Waals surface area contributed by atoms with Crippen LogP contribution >= 0.6 is 11.6 Å². The van der Waals surface area contributed by atoms with Gasteiger partial charge in [-0.2, -0.15) is 0 Å². The zero-order valence-electron chi connectivity index (χ0n) is 4.57. The maximum atomic E-state index is 10.5. The number of rotatable bonds is 0. The standard InChI is InChI=1S/C5H5ClN2O/c1-3-2-4(6)8-5(9)7-3/h2H,1H2,(H2,7,8,9). The lowest BCUT2D eigenvalue weighted by Gasteiger charge is -2.11. The van der Waals surface area contributed by atoms with E-state index in [1.807, 2.05) is 0 Å². The van der Waals surface area contributed by atoms with Crippen molar-refractivity contribution in [3.05, 3.63) is 23.5 Å². The van der Waals surface area contributed by atoms with Crippen molar-refractivity contribution in [2.24, 2.45) is 0 Å². The summed E-state index contributed by atoms with van der Waals surface area (Å²) in [6.07, 6.45) is 1.53. The van der Waals surface area contributed by atoms with Gasteiger partial charge >= 0.3 is 6.03 Å². The Morgan fingerprint density at radius 1 is 1.56 bits per heavy atom. The molecule has 1 aliphatic rings. The topological polar surface area (TPSA) is 41.1 Å². The zero-order chi connectivity index (χ0) is 6.85. The SMILES string of the molecule is C=C1C=C(Cl)NC(=O)N1. The van der Waals surface area contributed by atoms with E-state index >= 15 is 0 Å². The monoisotopic (exact) mass is 144 g/mol. The van der Waals surface area contributed by atoms with Gasteiger partial charge in [-0.05, 0) is 6.08 Å². The van der Waals surface area contributed by atoms with E-state index in [0.29, 0.717) is 10.9 Å². The fraction of sp³-hybridized carbons (Fsp3) is 0. The maximum absolute atomic E-state index is 10.5. The third kappa shape index (κ3) is 1.47. The molecule has 0 aromatic rings. The van der Waals surface area contributed by atoms with Gasteiger partial charge < -0.3 is 5.32 Å². The molecule has 0 aromatic carbocycles. The molecule has 4 heteroatoms. The van der Waals surface area contributed by atoms with E-state index in [-0.39, 0.29) is 6.03 Å². The number of hydrogen-bond donors (Lipinski definition) is 2. The predicted molar refractivity (Wildman–Crippen MR) is 34.7 cm³/mol. The van der Waals surface area contributed by atoms with Crippen molar-refractivity contribution in [1.29, 1.82) is 0 Å². The molecular weight excluding hydrogens is 140 g/mol. The van der Waals surface area contributed by atoms with Crippen molar-refractivity contribution in [3.63, 3.8) is 0 Å². The number of allylic oxidation sites excluding steroid dienone is 1. The van der Waals surface area contributed by atoms with Crippen molar-refractivity contribution in [2.45, 2.75) is 0 Å². The second kappa shape index (κ2) is 2.11. The molecule has 0 aliphatic carbocycles. The van der Waals surface area contributed by atoms with E-state index < -0.39 is 0 Å². The highest BCUT2D eigenvalue weighted by atomic mass is 35.5. The summed E-state index contributed by atoms with van der Waals surface area (Å²) in [7, 11) is 0. The van der Waals surface area contributed by atoms with Gasteiger partial charge in [-0.25, -0.2) is 4.79 Å². The van der Waals surface area contributed by atoms with Gasteiger partial charge in [0.2, 0.25) is 0 Å². The molecule has 1 aliphatic heterocycles. The molecule has 2 N–H and O–H groups in total. The average Bonchev–Trinajstić information content (AvgIpc) is 1.59. The molecule has 0 radical (unpaired) electrons. The molecule has 0 saturated carbocycles. The summed E-state index contributed by atoms with van der Waals surface area (Å²) in [6, 6.07) is -0.340. The average molecular weight is 145 g/mol. The highest BCUT2D eigenvalue weighted by molar-refractivity contribution is 6.30. The Balaban J connectivity index is 2.79. The molecule has 0 fully saturated rings. The van der Waals surface area contributed by atoms with Crippen LogP contribution in [0.1, 0.15) is 0 Å². The summed E-state index contributed by atoms with van der Waals surface area (Å²) in [4.78, 5) is 10.5. The second-order valence-corrected chi connectivity index (χ2v) is 2.00. The van der Waals surface area contributed by atoms with E-state index in [2.05, 4.69) is 17.2 Å². The van der Waals surface area contributed by atoms with Gasteiger partial charge in [-0.15, -0.1) is 0 Å². The number of halogens is 1. The lowest BCUT2D eigenvalue weighted by Crippen LogP contribution is -2.36. The summed E-state index contributed by atoms with van der Waals surface area (Å²) in [5.41, 5.74) is 0.503. The second-order valence-electron chi connectivity index (χ2n) is 1.60. The van der Waals surface area contributed by atoms with Crippen LogP contribution in [0.4, 0.5) is 4.79 Å². The summed E-state index contributed by atoms with van der Waals surface area (Å²) in [5.74, 6) is 0. The van der Waals surface area contributed by atoms with Crippen LogP contribution in [0.3, 0.4) is 0 Å². The Morgan fingerprint density at radius 3 is 2.67 bits per heavy atom. The molecule has 0 saturated heterocycles. The first-order chi connectivity index (χ1) is 4.18. The first kappa shape index (κ1) is 6.16. The Morgan fingerprint density at radius 2 is 2.22 bits per heavy atom. The van der Waals surface area contributed by atoms with Crippen molar-refractivity contribution in [1.82, 2.24) is 10.6 Å². The highest BCUT2D eigenvalue weighted by Gasteiger charge is 2.07. The van der Waals surface area contributed by atoms with E-state index in [9.17, 15) is 4.79 Å². The lowest BCUT2D eigenvalue weighted by atomic mass is 10.4. The first-order valence-electron chi connectivity index (χ1n) is 2.32. The summed E-state index contributed by atoms with van der Waals surface area (Å²) in [6.45, 7) is 3.48. The van der Waals surface area contributed by atoms with Crippen molar-refractivity contribution < 1.29 is 4.79 Å². The number of carbonyl (C=O) groups is 1. The van der Waals surface area contributed by atoms with E-state index in [4.69, 9.17) is 11.6 Å². The smallest absolute Gasteiger partial charge is 0.308 e. The Labute approximate surface area is 57.4 Å². The minimum atomic E-state index is -0.340. The van der Waals surface area contributed by atoms with Gasteiger partial charge in [-0.3, -0.25) is 5.32 Å². The largest absolute Gasteiger partial charge is 0.324 e. The van der Waals surface area contributed by atoms with Gasteiger partial charge in [0.15, 0.2) is 0 Å². The van der Waals surface area contributed by atoms with E-state index in [0.717, 1.165) is 0 Å². The fourth-order valence-corrected chi connectivity index (χ4v) is 0.728. The van der Waals surface area contributed by atoms with Gasteiger partial charge in [-0.1, -0.05) is 18.2 Å². The van der Waals surface area contributed by atoms with Crippen molar-refractivity contribution >= 4 is 17.6 Å². The van der Waals surface area contributed by atoms with Crippen molar-refractivity contribution in [2.75, 3.05) is 0 Å². The Bertz CT molecular complexity index is 197. The number of nitrogens with one attached hydrogen (secondary N) is 2. The molecule has 0 bridgehead atoms. The number of amides is 2. The summed E-state index contributed by atoms with van der Waals surface area (Å²) < 4.78 is 0. The lowest BCUT2D eigenvalue weighted by molar-refractivity contribution is 0.245. The highest BCUT2D eigenvalue weighted by Crippen LogP contribution is 2.03. The first-order valence-corrected chi connectivity index (χ1v) is 2.70. The Kier molecular flexibility index (Phi) is 1.44. The third-order valence-corrected chi connectivity index (χ3v) is 1.01. The van der Waals surface area contributed by atoms with Crippen LogP contribution in [0.2, 0.25) is 0 Å². The van der Waals surface area contributed by atoms with Crippen LogP contribution in [0.5, 0.6) is 0 Å². The van der Waals surface area contributed by atoms with Gasteiger partial charge in [0.1, 0.15) is 5.16 Å².